The number of hydrogen-bond donors (Lipinski definition) is 1. The van der Waals surface area contributed by atoms with E-state index in [2.05, 4.69) is 15.3 Å². The minimum absolute atomic E-state index is 0.121. The van der Waals surface area contributed by atoms with Gasteiger partial charge in [0.25, 0.3) is 5.91 Å². The number of aromatic nitrogens is 2. The maximum absolute atomic E-state index is 12.0. The molecular weight excluding hydrogens is 285 g/mol. The first-order valence-corrected chi connectivity index (χ1v) is 6.33. The molecule has 0 aliphatic rings. The van der Waals surface area contributed by atoms with Gasteiger partial charge >= 0.3 is 0 Å². The van der Waals surface area contributed by atoms with Gasteiger partial charge in [-0.1, -0.05) is 23.2 Å². The van der Waals surface area contributed by atoms with Gasteiger partial charge in [-0.3, -0.25) is 9.78 Å². The third kappa shape index (κ3) is 3.43. The van der Waals surface area contributed by atoms with Gasteiger partial charge in [-0.15, -0.1) is 0 Å². The van der Waals surface area contributed by atoms with Crippen LogP contribution in [0.1, 0.15) is 21.6 Å². The highest BCUT2D eigenvalue weighted by molar-refractivity contribution is 6.34. The van der Waals surface area contributed by atoms with Crippen LogP contribution in [0.3, 0.4) is 0 Å². The SMILES string of the molecule is Cc1ccncc1CNC(=O)c1nc(Cl)ccc1Cl. The Hall–Kier alpha value is -1.65. The van der Waals surface area contributed by atoms with Crippen LogP contribution >= 0.6 is 23.2 Å². The number of halogens is 2. The molecule has 2 aromatic heterocycles. The van der Waals surface area contributed by atoms with E-state index in [9.17, 15) is 4.79 Å². The maximum atomic E-state index is 12.0. The number of amides is 1. The molecule has 98 valence electrons. The van der Waals surface area contributed by atoms with Gasteiger partial charge in [0.2, 0.25) is 0 Å². The quantitative estimate of drug-likeness (QED) is 0.886. The Morgan fingerprint density at radius 3 is 2.84 bits per heavy atom. The van der Waals surface area contributed by atoms with Crippen LogP contribution in [0.15, 0.2) is 30.6 Å². The summed E-state index contributed by atoms with van der Waals surface area (Å²) in [5.41, 5.74) is 2.12. The fraction of sp³-hybridized carbons (Fsp3) is 0.154. The highest BCUT2D eigenvalue weighted by Crippen LogP contribution is 2.16. The van der Waals surface area contributed by atoms with Crippen LogP contribution in [0.25, 0.3) is 0 Å². The zero-order valence-corrected chi connectivity index (χ0v) is 11.7. The molecule has 0 saturated heterocycles. The topological polar surface area (TPSA) is 54.9 Å². The van der Waals surface area contributed by atoms with Crippen molar-refractivity contribution in [3.63, 3.8) is 0 Å². The molecule has 0 atom stereocenters. The normalized spacial score (nSPS) is 10.3. The van der Waals surface area contributed by atoms with Crippen LogP contribution in [0.2, 0.25) is 10.2 Å². The van der Waals surface area contributed by atoms with E-state index in [0.29, 0.717) is 6.54 Å². The van der Waals surface area contributed by atoms with E-state index in [0.717, 1.165) is 11.1 Å². The number of nitrogens with zero attached hydrogens (tertiary/aromatic N) is 2. The van der Waals surface area contributed by atoms with Crippen molar-refractivity contribution in [1.82, 2.24) is 15.3 Å². The lowest BCUT2D eigenvalue weighted by molar-refractivity contribution is 0.0946. The Morgan fingerprint density at radius 2 is 2.11 bits per heavy atom. The van der Waals surface area contributed by atoms with Gasteiger partial charge in [-0.05, 0) is 36.2 Å². The second kappa shape index (κ2) is 5.99. The number of hydrogen-bond acceptors (Lipinski definition) is 3. The molecule has 2 heterocycles. The molecule has 1 N–H and O–H groups in total. The minimum Gasteiger partial charge on any atom is -0.347 e. The Bertz CT molecular complexity index is 617. The minimum atomic E-state index is -0.365. The van der Waals surface area contributed by atoms with Crippen molar-refractivity contribution in [3.8, 4) is 0 Å². The third-order valence-corrected chi connectivity index (χ3v) is 3.13. The smallest absolute Gasteiger partial charge is 0.271 e. The van der Waals surface area contributed by atoms with E-state index in [1.807, 2.05) is 13.0 Å². The van der Waals surface area contributed by atoms with Crippen molar-refractivity contribution < 1.29 is 4.79 Å². The van der Waals surface area contributed by atoms with Gasteiger partial charge in [0.1, 0.15) is 10.8 Å². The average Bonchev–Trinajstić information content (AvgIpc) is 2.40. The van der Waals surface area contributed by atoms with E-state index in [-0.39, 0.29) is 21.8 Å². The second-order valence-electron chi connectivity index (χ2n) is 3.95. The molecule has 1 amide bonds. The summed E-state index contributed by atoms with van der Waals surface area (Å²) >= 11 is 11.7. The Labute approximate surface area is 120 Å². The second-order valence-corrected chi connectivity index (χ2v) is 4.74. The summed E-state index contributed by atoms with van der Waals surface area (Å²) in [5.74, 6) is -0.365. The van der Waals surface area contributed by atoms with Gasteiger partial charge in [-0.25, -0.2) is 4.98 Å². The molecule has 19 heavy (non-hydrogen) atoms. The number of nitrogens with one attached hydrogen (secondary N) is 1. The summed E-state index contributed by atoms with van der Waals surface area (Å²) in [6.45, 7) is 2.32. The van der Waals surface area contributed by atoms with Gasteiger partial charge in [-0.2, -0.15) is 0 Å². The largest absolute Gasteiger partial charge is 0.347 e. The van der Waals surface area contributed by atoms with E-state index in [4.69, 9.17) is 23.2 Å². The number of pyridine rings is 2. The molecule has 0 saturated carbocycles. The monoisotopic (exact) mass is 295 g/mol. The van der Waals surface area contributed by atoms with Gasteiger partial charge in [0.05, 0.1) is 5.02 Å². The molecule has 4 nitrogen and oxygen atoms in total. The molecule has 0 bridgehead atoms. The number of aryl methyl sites for hydroxylation is 1. The zero-order valence-electron chi connectivity index (χ0n) is 10.2. The van der Waals surface area contributed by atoms with Crippen LogP contribution in [0, 0.1) is 6.92 Å². The fourth-order valence-electron chi connectivity index (χ4n) is 1.52. The Kier molecular flexibility index (Phi) is 4.35. The highest BCUT2D eigenvalue weighted by atomic mass is 35.5. The van der Waals surface area contributed by atoms with Crippen LogP contribution in [-0.2, 0) is 6.54 Å². The fourth-order valence-corrected chi connectivity index (χ4v) is 1.86. The molecule has 0 fully saturated rings. The average molecular weight is 296 g/mol. The van der Waals surface area contributed by atoms with Crippen molar-refractivity contribution in [2.75, 3.05) is 0 Å². The standard InChI is InChI=1S/C13H11Cl2N3O/c1-8-4-5-16-6-9(8)7-17-13(19)12-10(14)2-3-11(15)18-12/h2-6H,7H2,1H3,(H,17,19). The van der Waals surface area contributed by atoms with Crippen molar-refractivity contribution in [3.05, 3.63) is 57.6 Å². The molecule has 0 aromatic carbocycles. The highest BCUT2D eigenvalue weighted by Gasteiger charge is 2.12. The summed E-state index contributed by atoms with van der Waals surface area (Å²) in [7, 11) is 0. The Balaban J connectivity index is 2.10. The van der Waals surface area contributed by atoms with E-state index >= 15 is 0 Å². The first-order chi connectivity index (χ1) is 9.08. The van der Waals surface area contributed by atoms with Crippen LogP contribution in [0.4, 0.5) is 0 Å². The molecule has 0 spiro atoms. The van der Waals surface area contributed by atoms with Gasteiger partial charge in [0, 0.05) is 18.9 Å². The predicted molar refractivity (Wildman–Crippen MR) is 74.4 cm³/mol. The molecule has 2 rings (SSSR count). The van der Waals surface area contributed by atoms with Crippen LogP contribution in [-0.4, -0.2) is 15.9 Å². The lowest BCUT2D eigenvalue weighted by atomic mass is 10.1. The lowest BCUT2D eigenvalue weighted by Crippen LogP contribution is -2.24. The van der Waals surface area contributed by atoms with Crippen molar-refractivity contribution >= 4 is 29.1 Å². The van der Waals surface area contributed by atoms with Crippen molar-refractivity contribution in [2.45, 2.75) is 13.5 Å². The molecular formula is C13H11Cl2N3O. The first-order valence-electron chi connectivity index (χ1n) is 5.57. The summed E-state index contributed by atoms with van der Waals surface area (Å²) in [5, 5.41) is 3.24. The van der Waals surface area contributed by atoms with E-state index in [1.165, 1.54) is 6.07 Å². The third-order valence-electron chi connectivity index (χ3n) is 2.61. The zero-order chi connectivity index (χ0) is 13.8. The van der Waals surface area contributed by atoms with Gasteiger partial charge < -0.3 is 5.32 Å². The summed E-state index contributed by atoms with van der Waals surface area (Å²) in [4.78, 5) is 19.9. The molecule has 2 aromatic rings. The summed E-state index contributed by atoms with van der Waals surface area (Å²) in [6.07, 6.45) is 3.42. The molecule has 0 aliphatic heterocycles. The van der Waals surface area contributed by atoms with Crippen molar-refractivity contribution in [2.24, 2.45) is 0 Å². The molecule has 6 heteroatoms. The maximum Gasteiger partial charge on any atom is 0.271 e. The molecule has 0 aliphatic carbocycles. The number of rotatable bonds is 3. The predicted octanol–water partition coefficient (Wildman–Crippen LogP) is 3.02. The van der Waals surface area contributed by atoms with Crippen LogP contribution < -0.4 is 5.32 Å². The molecule has 0 radical (unpaired) electrons. The number of carbonyl (C=O) groups excluding carboxylic acids is 1. The van der Waals surface area contributed by atoms with Gasteiger partial charge in [0.15, 0.2) is 0 Å². The van der Waals surface area contributed by atoms with E-state index < -0.39 is 0 Å². The number of carbonyl (C=O) groups is 1. The van der Waals surface area contributed by atoms with Crippen molar-refractivity contribution in [1.29, 1.82) is 0 Å². The summed E-state index contributed by atoms with van der Waals surface area (Å²) < 4.78 is 0. The van der Waals surface area contributed by atoms with E-state index in [1.54, 1.807) is 18.5 Å². The first kappa shape index (κ1) is 13.8. The Morgan fingerprint density at radius 1 is 1.32 bits per heavy atom. The lowest BCUT2D eigenvalue weighted by Gasteiger charge is -2.08. The van der Waals surface area contributed by atoms with Crippen LogP contribution in [0.5, 0.6) is 0 Å². The molecule has 0 unspecified atom stereocenters. The summed E-state index contributed by atoms with van der Waals surface area (Å²) in [6, 6.07) is 4.96.